The Bertz CT molecular complexity index is 362. The van der Waals surface area contributed by atoms with E-state index in [9.17, 15) is 0 Å². The maximum atomic E-state index is 5.18. The third-order valence-electron chi connectivity index (χ3n) is 3.48. The first-order valence-corrected chi connectivity index (χ1v) is 7.98. The van der Waals surface area contributed by atoms with Crippen molar-refractivity contribution in [2.75, 3.05) is 20.3 Å². The lowest BCUT2D eigenvalue weighted by molar-refractivity contribution is 0.188. The molecule has 2 heteroatoms. The van der Waals surface area contributed by atoms with Gasteiger partial charge in [-0.05, 0) is 49.3 Å². The molecule has 2 nitrogen and oxygen atoms in total. The SMILES string of the molecule is CCCNC(CCCOC)c1cccc(CC(C)C)c1. The van der Waals surface area contributed by atoms with Crippen LogP contribution >= 0.6 is 0 Å². The Hall–Kier alpha value is -0.860. The van der Waals surface area contributed by atoms with Crippen molar-refractivity contribution in [3.63, 3.8) is 0 Å². The summed E-state index contributed by atoms with van der Waals surface area (Å²) in [6.07, 6.45) is 4.57. The molecule has 0 aliphatic rings. The molecule has 1 rings (SSSR count). The summed E-state index contributed by atoms with van der Waals surface area (Å²) < 4.78 is 5.18. The van der Waals surface area contributed by atoms with Crippen LogP contribution in [0.3, 0.4) is 0 Å². The minimum Gasteiger partial charge on any atom is -0.385 e. The smallest absolute Gasteiger partial charge is 0.0462 e. The van der Waals surface area contributed by atoms with E-state index in [1.807, 2.05) is 0 Å². The molecule has 1 aromatic rings. The molecule has 0 spiro atoms. The zero-order chi connectivity index (χ0) is 14.8. The minimum absolute atomic E-state index is 0.456. The van der Waals surface area contributed by atoms with E-state index in [1.165, 1.54) is 17.5 Å². The van der Waals surface area contributed by atoms with Crippen molar-refractivity contribution in [2.45, 2.75) is 52.5 Å². The predicted molar refractivity (Wildman–Crippen MR) is 87.1 cm³/mol. The first-order chi connectivity index (χ1) is 9.67. The number of ether oxygens (including phenoxy) is 1. The minimum atomic E-state index is 0.456. The van der Waals surface area contributed by atoms with Gasteiger partial charge in [0.05, 0.1) is 0 Å². The summed E-state index contributed by atoms with van der Waals surface area (Å²) in [7, 11) is 1.78. The van der Waals surface area contributed by atoms with Gasteiger partial charge in [0.25, 0.3) is 0 Å². The maximum absolute atomic E-state index is 5.18. The molecule has 114 valence electrons. The van der Waals surface area contributed by atoms with Crippen molar-refractivity contribution in [3.05, 3.63) is 35.4 Å². The highest BCUT2D eigenvalue weighted by Gasteiger charge is 2.11. The fourth-order valence-electron chi connectivity index (χ4n) is 2.55. The van der Waals surface area contributed by atoms with Gasteiger partial charge in [-0.25, -0.2) is 0 Å². The molecule has 0 aliphatic carbocycles. The van der Waals surface area contributed by atoms with Gasteiger partial charge < -0.3 is 10.1 Å². The fraction of sp³-hybridized carbons (Fsp3) is 0.667. The lowest BCUT2D eigenvalue weighted by Gasteiger charge is -2.20. The fourth-order valence-corrected chi connectivity index (χ4v) is 2.55. The number of methoxy groups -OCH3 is 1. The van der Waals surface area contributed by atoms with Gasteiger partial charge in [0.1, 0.15) is 0 Å². The van der Waals surface area contributed by atoms with Gasteiger partial charge in [-0.15, -0.1) is 0 Å². The van der Waals surface area contributed by atoms with Crippen molar-refractivity contribution in [3.8, 4) is 0 Å². The van der Waals surface area contributed by atoms with Crippen LogP contribution in [0.1, 0.15) is 57.2 Å². The van der Waals surface area contributed by atoms with E-state index < -0.39 is 0 Å². The third kappa shape index (κ3) is 6.53. The van der Waals surface area contributed by atoms with Crippen LogP contribution in [0.5, 0.6) is 0 Å². The second-order valence-corrected chi connectivity index (χ2v) is 5.98. The van der Waals surface area contributed by atoms with Crippen molar-refractivity contribution >= 4 is 0 Å². The van der Waals surface area contributed by atoms with E-state index in [0.29, 0.717) is 12.0 Å². The topological polar surface area (TPSA) is 21.3 Å². The van der Waals surface area contributed by atoms with Gasteiger partial charge in [-0.2, -0.15) is 0 Å². The Morgan fingerprint density at radius 3 is 2.70 bits per heavy atom. The second-order valence-electron chi connectivity index (χ2n) is 5.98. The van der Waals surface area contributed by atoms with Crippen LogP contribution in [-0.4, -0.2) is 20.3 Å². The summed E-state index contributed by atoms with van der Waals surface area (Å²) in [5.74, 6) is 0.709. The van der Waals surface area contributed by atoms with Gasteiger partial charge in [-0.3, -0.25) is 0 Å². The maximum Gasteiger partial charge on any atom is 0.0462 e. The van der Waals surface area contributed by atoms with E-state index in [0.717, 1.165) is 32.4 Å². The van der Waals surface area contributed by atoms with Gasteiger partial charge in [0, 0.05) is 19.8 Å². The summed E-state index contributed by atoms with van der Waals surface area (Å²) in [6, 6.07) is 9.53. The molecule has 0 saturated heterocycles. The zero-order valence-electron chi connectivity index (χ0n) is 13.6. The Labute approximate surface area is 124 Å². The van der Waals surface area contributed by atoms with Crippen LogP contribution in [0.2, 0.25) is 0 Å². The largest absolute Gasteiger partial charge is 0.385 e. The molecule has 1 aromatic carbocycles. The van der Waals surface area contributed by atoms with Crippen molar-refractivity contribution in [2.24, 2.45) is 5.92 Å². The Morgan fingerprint density at radius 2 is 2.05 bits per heavy atom. The summed E-state index contributed by atoms with van der Waals surface area (Å²) >= 11 is 0. The van der Waals surface area contributed by atoms with E-state index in [2.05, 4.69) is 50.4 Å². The highest BCUT2D eigenvalue weighted by molar-refractivity contribution is 5.26. The van der Waals surface area contributed by atoms with Crippen molar-refractivity contribution in [1.29, 1.82) is 0 Å². The third-order valence-corrected chi connectivity index (χ3v) is 3.48. The number of benzene rings is 1. The van der Waals surface area contributed by atoms with Gasteiger partial charge in [0.15, 0.2) is 0 Å². The van der Waals surface area contributed by atoms with E-state index >= 15 is 0 Å². The molecular weight excluding hydrogens is 246 g/mol. The summed E-state index contributed by atoms with van der Waals surface area (Å²) in [5.41, 5.74) is 2.88. The lowest BCUT2D eigenvalue weighted by atomic mass is 9.96. The molecule has 0 radical (unpaired) electrons. The quantitative estimate of drug-likeness (QED) is 0.642. The average molecular weight is 277 g/mol. The molecular formula is C18H31NO. The molecule has 1 unspecified atom stereocenters. The van der Waals surface area contributed by atoms with Gasteiger partial charge in [0.2, 0.25) is 0 Å². The lowest BCUT2D eigenvalue weighted by Crippen LogP contribution is -2.22. The molecule has 1 atom stereocenters. The molecule has 0 heterocycles. The Balaban J connectivity index is 2.71. The number of hydrogen-bond acceptors (Lipinski definition) is 2. The summed E-state index contributed by atoms with van der Waals surface area (Å²) in [5, 5.41) is 3.67. The predicted octanol–water partition coefficient (Wildman–Crippen LogP) is 4.35. The first kappa shape index (κ1) is 17.2. The molecule has 0 amide bonds. The highest BCUT2D eigenvalue weighted by Crippen LogP contribution is 2.21. The average Bonchev–Trinajstić information content (AvgIpc) is 2.42. The van der Waals surface area contributed by atoms with E-state index in [4.69, 9.17) is 4.74 Å². The molecule has 0 bridgehead atoms. The van der Waals surface area contributed by atoms with Crippen LogP contribution in [0, 0.1) is 5.92 Å². The monoisotopic (exact) mass is 277 g/mol. The van der Waals surface area contributed by atoms with Crippen LogP contribution in [0.4, 0.5) is 0 Å². The number of hydrogen-bond donors (Lipinski definition) is 1. The van der Waals surface area contributed by atoms with Crippen LogP contribution in [0.25, 0.3) is 0 Å². The molecule has 0 aliphatic heterocycles. The highest BCUT2D eigenvalue weighted by atomic mass is 16.5. The number of rotatable bonds is 10. The summed E-state index contributed by atoms with van der Waals surface area (Å²) in [6.45, 7) is 8.69. The summed E-state index contributed by atoms with van der Waals surface area (Å²) in [4.78, 5) is 0. The van der Waals surface area contributed by atoms with E-state index in [-0.39, 0.29) is 0 Å². The van der Waals surface area contributed by atoms with Crippen LogP contribution in [0.15, 0.2) is 24.3 Å². The van der Waals surface area contributed by atoms with Crippen molar-refractivity contribution in [1.82, 2.24) is 5.32 Å². The van der Waals surface area contributed by atoms with Gasteiger partial charge in [-0.1, -0.05) is 45.0 Å². The number of nitrogens with one attached hydrogen (secondary N) is 1. The van der Waals surface area contributed by atoms with Crippen LogP contribution in [-0.2, 0) is 11.2 Å². The Morgan fingerprint density at radius 1 is 1.25 bits per heavy atom. The van der Waals surface area contributed by atoms with Crippen molar-refractivity contribution < 1.29 is 4.74 Å². The Kier molecular flexibility index (Phi) is 8.56. The molecule has 0 aromatic heterocycles. The van der Waals surface area contributed by atoms with Crippen LogP contribution < -0.4 is 5.32 Å². The zero-order valence-corrected chi connectivity index (χ0v) is 13.6. The first-order valence-electron chi connectivity index (χ1n) is 7.98. The second kappa shape index (κ2) is 9.95. The molecule has 0 saturated carbocycles. The van der Waals surface area contributed by atoms with Gasteiger partial charge >= 0.3 is 0 Å². The molecule has 0 fully saturated rings. The molecule has 20 heavy (non-hydrogen) atoms. The standard InChI is InChI=1S/C18H31NO/c1-5-11-19-18(10-7-12-20-4)17-9-6-8-16(14-17)13-15(2)3/h6,8-9,14-15,18-19H,5,7,10-13H2,1-4H3. The molecule has 1 N–H and O–H groups in total. The van der Waals surface area contributed by atoms with E-state index in [1.54, 1.807) is 7.11 Å². The normalized spacial score (nSPS) is 12.8.